The normalized spacial score (nSPS) is 15.1. The van der Waals surface area contributed by atoms with Crippen molar-refractivity contribution in [2.24, 2.45) is 0 Å². The number of rotatable bonds is 7. The van der Waals surface area contributed by atoms with Crippen LogP contribution in [0.2, 0.25) is 0 Å². The average molecular weight is 390 g/mol. The molecular formula is C21H27NO4S. The Bertz CT molecular complexity index is 891. The SMILES string of the molecule is COc1cc2c(cc1S(=O)(=O)NC(C)COc1ccc(C)cc1)CCCC2. The van der Waals surface area contributed by atoms with Crippen molar-refractivity contribution in [2.75, 3.05) is 13.7 Å². The van der Waals surface area contributed by atoms with Crippen LogP contribution in [0.3, 0.4) is 0 Å². The van der Waals surface area contributed by atoms with Crippen LogP contribution in [-0.4, -0.2) is 28.2 Å². The molecule has 1 aliphatic rings. The van der Waals surface area contributed by atoms with Crippen LogP contribution in [0.15, 0.2) is 41.3 Å². The number of hydrogen-bond donors (Lipinski definition) is 1. The minimum atomic E-state index is -3.70. The monoisotopic (exact) mass is 389 g/mol. The zero-order valence-corrected chi connectivity index (χ0v) is 16.9. The van der Waals surface area contributed by atoms with Crippen LogP contribution in [0.5, 0.6) is 11.5 Å². The minimum Gasteiger partial charge on any atom is -0.495 e. The first kappa shape index (κ1) is 19.7. The van der Waals surface area contributed by atoms with Gasteiger partial charge in [0.15, 0.2) is 0 Å². The molecule has 3 rings (SSSR count). The molecule has 1 aliphatic carbocycles. The fourth-order valence-electron chi connectivity index (χ4n) is 3.33. The van der Waals surface area contributed by atoms with E-state index in [1.165, 1.54) is 12.7 Å². The number of methoxy groups -OCH3 is 1. The van der Waals surface area contributed by atoms with E-state index in [9.17, 15) is 8.42 Å². The van der Waals surface area contributed by atoms with Crippen molar-refractivity contribution in [2.45, 2.75) is 50.5 Å². The summed E-state index contributed by atoms with van der Waals surface area (Å²) in [4.78, 5) is 0.202. The Morgan fingerprint density at radius 1 is 1.07 bits per heavy atom. The molecule has 2 aromatic carbocycles. The zero-order valence-electron chi connectivity index (χ0n) is 16.1. The van der Waals surface area contributed by atoms with Crippen molar-refractivity contribution in [3.8, 4) is 11.5 Å². The van der Waals surface area contributed by atoms with Crippen LogP contribution in [0.4, 0.5) is 0 Å². The van der Waals surface area contributed by atoms with Gasteiger partial charge in [0.2, 0.25) is 10.0 Å². The summed E-state index contributed by atoms with van der Waals surface area (Å²) < 4.78 is 39.6. The molecule has 1 unspecified atom stereocenters. The summed E-state index contributed by atoms with van der Waals surface area (Å²) in [5.74, 6) is 1.12. The van der Waals surface area contributed by atoms with E-state index < -0.39 is 10.0 Å². The van der Waals surface area contributed by atoms with Gasteiger partial charge >= 0.3 is 0 Å². The summed E-state index contributed by atoms with van der Waals surface area (Å²) in [5.41, 5.74) is 3.44. The molecule has 0 bridgehead atoms. The third-order valence-corrected chi connectivity index (χ3v) is 6.41. The predicted octanol–water partition coefficient (Wildman–Crippen LogP) is 3.63. The number of fused-ring (bicyclic) bond motifs is 1. The highest BCUT2D eigenvalue weighted by Crippen LogP contribution is 2.32. The van der Waals surface area contributed by atoms with E-state index in [-0.39, 0.29) is 17.5 Å². The summed E-state index contributed by atoms with van der Waals surface area (Å²) in [6, 6.07) is 10.9. The van der Waals surface area contributed by atoms with Crippen LogP contribution in [0, 0.1) is 6.92 Å². The summed E-state index contributed by atoms with van der Waals surface area (Å²) >= 11 is 0. The molecule has 5 nitrogen and oxygen atoms in total. The molecule has 0 aromatic heterocycles. The van der Waals surface area contributed by atoms with Crippen LogP contribution in [0.25, 0.3) is 0 Å². The first-order valence-electron chi connectivity index (χ1n) is 9.30. The van der Waals surface area contributed by atoms with Crippen molar-refractivity contribution in [1.29, 1.82) is 0 Å². The lowest BCUT2D eigenvalue weighted by Gasteiger charge is -2.21. The van der Waals surface area contributed by atoms with Gasteiger partial charge in [-0.3, -0.25) is 0 Å². The number of hydrogen-bond acceptors (Lipinski definition) is 4. The molecule has 0 radical (unpaired) electrons. The standard InChI is InChI=1S/C21H27NO4S/c1-15-8-10-19(11-9-15)26-14-16(2)22-27(23,24)21-13-18-7-5-4-6-17(18)12-20(21)25-3/h8-13,16,22H,4-7,14H2,1-3H3. The Balaban J connectivity index is 1.72. The van der Waals surface area contributed by atoms with Gasteiger partial charge in [-0.1, -0.05) is 17.7 Å². The van der Waals surface area contributed by atoms with Gasteiger partial charge in [-0.2, -0.15) is 0 Å². The van der Waals surface area contributed by atoms with Crippen LogP contribution in [-0.2, 0) is 22.9 Å². The Labute approximate surface area is 161 Å². The molecule has 1 N–H and O–H groups in total. The molecule has 146 valence electrons. The van der Waals surface area contributed by atoms with Gasteiger partial charge in [0.1, 0.15) is 23.0 Å². The van der Waals surface area contributed by atoms with Crippen molar-refractivity contribution < 1.29 is 17.9 Å². The van der Waals surface area contributed by atoms with E-state index in [1.807, 2.05) is 37.3 Å². The molecule has 27 heavy (non-hydrogen) atoms. The topological polar surface area (TPSA) is 64.6 Å². The summed E-state index contributed by atoms with van der Waals surface area (Å²) in [6.07, 6.45) is 4.11. The second kappa shape index (κ2) is 8.31. The highest BCUT2D eigenvalue weighted by molar-refractivity contribution is 7.89. The van der Waals surface area contributed by atoms with E-state index in [1.54, 1.807) is 13.0 Å². The Morgan fingerprint density at radius 3 is 2.33 bits per heavy atom. The third-order valence-electron chi connectivity index (χ3n) is 4.79. The number of ether oxygens (including phenoxy) is 2. The lowest BCUT2D eigenvalue weighted by molar-refractivity contribution is 0.287. The van der Waals surface area contributed by atoms with E-state index in [0.717, 1.165) is 42.6 Å². The van der Waals surface area contributed by atoms with Crippen LogP contribution < -0.4 is 14.2 Å². The molecule has 0 aliphatic heterocycles. The highest BCUT2D eigenvalue weighted by Gasteiger charge is 2.25. The first-order chi connectivity index (χ1) is 12.9. The quantitative estimate of drug-likeness (QED) is 0.785. The van der Waals surface area contributed by atoms with E-state index in [2.05, 4.69) is 4.72 Å². The van der Waals surface area contributed by atoms with Crippen molar-refractivity contribution in [3.63, 3.8) is 0 Å². The van der Waals surface area contributed by atoms with Gasteiger partial charge in [-0.05, 0) is 74.9 Å². The van der Waals surface area contributed by atoms with Crippen LogP contribution >= 0.6 is 0 Å². The maximum Gasteiger partial charge on any atom is 0.244 e. The minimum absolute atomic E-state index is 0.202. The van der Waals surface area contributed by atoms with Gasteiger partial charge in [-0.15, -0.1) is 0 Å². The molecule has 0 saturated carbocycles. The smallest absolute Gasteiger partial charge is 0.244 e. The Hall–Kier alpha value is -2.05. The van der Waals surface area contributed by atoms with Crippen molar-refractivity contribution >= 4 is 10.0 Å². The maximum absolute atomic E-state index is 12.9. The largest absolute Gasteiger partial charge is 0.495 e. The van der Waals surface area contributed by atoms with Gasteiger partial charge in [0, 0.05) is 0 Å². The summed E-state index contributed by atoms with van der Waals surface area (Å²) in [5, 5.41) is 0. The number of nitrogens with one attached hydrogen (secondary N) is 1. The lowest BCUT2D eigenvalue weighted by Crippen LogP contribution is -2.37. The van der Waals surface area contributed by atoms with E-state index in [0.29, 0.717) is 5.75 Å². The Morgan fingerprint density at radius 2 is 1.70 bits per heavy atom. The molecule has 0 spiro atoms. The number of sulfonamides is 1. The van der Waals surface area contributed by atoms with Gasteiger partial charge < -0.3 is 9.47 Å². The van der Waals surface area contributed by atoms with Crippen molar-refractivity contribution in [3.05, 3.63) is 53.1 Å². The third kappa shape index (κ3) is 4.82. The fourth-order valence-corrected chi connectivity index (χ4v) is 4.76. The second-order valence-electron chi connectivity index (χ2n) is 7.13. The zero-order chi connectivity index (χ0) is 19.4. The summed E-state index contributed by atoms with van der Waals surface area (Å²) in [6.45, 7) is 4.04. The molecular weight excluding hydrogens is 362 g/mol. The van der Waals surface area contributed by atoms with Gasteiger partial charge in [0.25, 0.3) is 0 Å². The predicted molar refractivity (Wildman–Crippen MR) is 106 cm³/mol. The first-order valence-corrected chi connectivity index (χ1v) is 10.8. The van der Waals surface area contributed by atoms with Gasteiger partial charge in [-0.25, -0.2) is 13.1 Å². The fraction of sp³-hybridized carbons (Fsp3) is 0.429. The Kier molecular flexibility index (Phi) is 6.07. The van der Waals surface area contributed by atoms with Crippen LogP contribution in [0.1, 0.15) is 36.5 Å². The molecule has 0 heterocycles. The molecule has 0 fully saturated rings. The molecule has 0 amide bonds. The lowest BCUT2D eigenvalue weighted by atomic mass is 9.92. The van der Waals surface area contributed by atoms with Crippen molar-refractivity contribution in [1.82, 2.24) is 4.72 Å². The molecule has 6 heteroatoms. The highest BCUT2D eigenvalue weighted by atomic mass is 32.2. The average Bonchev–Trinajstić information content (AvgIpc) is 2.66. The van der Waals surface area contributed by atoms with Gasteiger partial charge in [0.05, 0.1) is 13.2 Å². The molecule has 0 saturated heterocycles. The number of aryl methyl sites for hydroxylation is 3. The van der Waals surface area contributed by atoms with E-state index >= 15 is 0 Å². The molecule has 1 atom stereocenters. The summed E-state index contributed by atoms with van der Waals surface area (Å²) in [7, 11) is -2.19. The number of benzene rings is 2. The maximum atomic E-state index is 12.9. The molecule has 2 aromatic rings. The second-order valence-corrected chi connectivity index (χ2v) is 8.81. The van der Waals surface area contributed by atoms with E-state index in [4.69, 9.17) is 9.47 Å².